The maximum atomic E-state index is 14.2. The first-order chi connectivity index (χ1) is 12.0. The number of rotatable bonds is 1. The third-order valence-corrected chi connectivity index (χ3v) is 4.27. The van der Waals surface area contributed by atoms with Crippen molar-refractivity contribution in [3.05, 3.63) is 52.3 Å². The molecule has 0 saturated heterocycles. The molecule has 1 unspecified atom stereocenters. The molecule has 10 heteroatoms. The maximum absolute atomic E-state index is 14.2. The van der Waals surface area contributed by atoms with Gasteiger partial charge in [0.2, 0.25) is 0 Å². The van der Waals surface area contributed by atoms with Crippen LogP contribution in [0.1, 0.15) is 34.9 Å². The van der Waals surface area contributed by atoms with Crippen molar-refractivity contribution in [1.82, 2.24) is 4.57 Å². The molecule has 26 heavy (non-hydrogen) atoms. The van der Waals surface area contributed by atoms with Gasteiger partial charge in [-0.25, -0.2) is 17.6 Å². The lowest BCUT2D eigenvalue weighted by Crippen LogP contribution is -2.33. The molecule has 0 bridgehead atoms. The Bertz CT molecular complexity index is 924. The summed E-state index contributed by atoms with van der Waals surface area (Å²) in [4.78, 5) is 0. The summed E-state index contributed by atoms with van der Waals surface area (Å²) < 4.78 is 95.8. The van der Waals surface area contributed by atoms with Crippen molar-refractivity contribution in [2.75, 3.05) is 0 Å². The lowest BCUT2D eigenvalue weighted by Gasteiger charge is -2.29. The Morgan fingerprint density at radius 3 is 2.42 bits per heavy atom. The van der Waals surface area contributed by atoms with E-state index in [-0.39, 0.29) is 0 Å². The first-order valence-corrected chi connectivity index (χ1v) is 7.24. The minimum atomic E-state index is -5.09. The quantitative estimate of drug-likeness (QED) is 0.754. The first-order valence-electron chi connectivity index (χ1n) is 7.24. The molecule has 1 N–H and O–H groups in total. The van der Waals surface area contributed by atoms with Crippen LogP contribution in [0.4, 0.5) is 30.7 Å². The van der Waals surface area contributed by atoms with Gasteiger partial charge in [0, 0.05) is 23.9 Å². The summed E-state index contributed by atoms with van der Waals surface area (Å²) in [5.74, 6) is -6.95. The fourth-order valence-electron chi connectivity index (χ4n) is 3.01. The Morgan fingerprint density at radius 1 is 1.19 bits per heavy atom. The number of halogens is 7. The van der Waals surface area contributed by atoms with Gasteiger partial charge >= 0.3 is 6.18 Å². The van der Waals surface area contributed by atoms with Gasteiger partial charge in [0.25, 0.3) is 5.92 Å². The molecule has 0 fully saturated rings. The van der Waals surface area contributed by atoms with Crippen molar-refractivity contribution >= 4 is 0 Å². The monoisotopic (exact) mass is 378 g/mol. The Hall–Kier alpha value is -2.54. The molecule has 1 aliphatic rings. The second-order valence-electron chi connectivity index (χ2n) is 5.81. The third kappa shape index (κ3) is 2.63. The smallest absolute Gasteiger partial charge is 0.382 e. The van der Waals surface area contributed by atoms with Crippen LogP contribution in [0.25, 0.3) is 5.69 Å². The minimum absolute atomic E-state index is 0.346. The van der Waals surface area contributed by atoms with Gasteiger partial charge in [0.1, 0.15) is 12.2 Å². The van der Waals surface area contributed by atoms with E-state index in [0.717, 1.165) is 12.1 Å². The van der Waals surface area contributed by atoms with Crippen molar-refractivity contribution in [3.8, 4) is 11.8 Å². The average Bonchev–Trinajstić information content (AvgIpc) is 2.94. The van der Waals surface area contributed by atoms with Crippen molar-refractivity contribution < 1.29 is 35.8 Å². The Kier molecular flexibility index (Phi) is 4.03. The summed E-state index contributed by atoms with van der Waals surface area (Å²) in [6.45, 7) is 0. The van der Waals surface area contributed by atoms with Crippen molar-refractivity contribution in [3.63, 3.8) is 0 Å². The molecule has 2 aromatic rings. The van der Waals surface area contributed by atoms with E-state index < -0.39 is 70.8 Å². The fourth-order valence-corrected chi connectivity index (χ4v) is 3.01. The van der Waals surface area contributed by atoms with Crippen molar-refractivity contribution in [2.24, 2.45) is 0 Å². The minimum Gasteiger partial charge on any atom is -0.382 e. The van der Waals surface area contributed by atoms with Crippen molar-refractivity contribution in [2.45, 2.75) is 31.0 Å². The highest BCUT2D eigenvalue weighted by Crippen LogP contribution is 2.48. The molecule has 1 aromatic carbocycles. The lowest BCUT2D eigenvalue weighted by atomic mass is 9.89. The van der Waals surface area contributed by atoms with E-state index in [1.165, 1.54) is 6.07 Å². The van der Waals surface area contributed by atoms with Gasteiger partial charge < -0.3 is 9.67 Å². The molecule has 0 saturated carbocycles. The molecule has 1 heterocycles. The molecule has 3 rings (SSSR count). The molecule has 0 radical (unpaired) electrons. The predicted molar refractivity (Wildman–Crippen MR) is 73.6 cm³/mol. The number of hydrogen-bond acceptors (Lipinski definition) is 2. The van der Waals surface area contributed by atoms with Crippen LogP contribution >= 0.6 is 0 Å². The summed E-state index contributed by atoms with van der Waals surface area (Å²) in [6.07, 6.45) is -9.01. The molecule has 0 aliphatic heterocycles. The number of hydrogen-bond donors (Lipinski definition) is 1. The molecule has 0 spiro atoms. The van der Waals surface area contributed by atoms with Gasteiger partial charge in [-0.1, -0.05) is 0 Å². The molecular formula is C16H9F7N2O. The van der Waals surface area contributed by atoms with E-state index in [1.54, 1.807) is 0 Å². The number of fused-ring (bicyclic) bond motifs is 1. The Labute approximate surface area is 141 Å². The van der Waals surface area contributed by atoms with Gasteiger partial charge in [0.05, 0.1) is 16.8 Å². The predicted octanol–water partition coefficient (Wildman–Crippen LogP) is 4.26. The molecule has 3 nitrogen and oxygen atoms in total. The van der Waals surface area contributed by atoms with Gasteiger partial charge in [0.15, 0.2) is 11.6 Å². The SMILES string of the molecule is N#Cc1ccc(-n2cc(C(F)(F)F)c3c2CCC(F)(F)C3O)c(F)c1F. The highest BCUT2D eigenvalue weighted by atomic mass is 19.4. The number of aliphatic hydroxyl groups is 1. The van der Waals surface area contributed by atoms with Gasteiger partial charge in [-0.15, -0.1) is 0 Å². The van der Waals surface area contributed by atoms with Crippen LogP contribution in [0.2, 0.25) is 0 Å². The lowest BCUT2D eigenvalue weighted by molar-refractivity contribution is -0.147. The zero-order valence-electron chi connectivity index (χ0n) is 12.7. The van der Waals surface area contributed by atoms with E-state index in [9.17, 15) is 35.8 Å². The first kappa shape index (κ1) is 18.3. The highest BCUT2D eigenvalue weighted by Gasteiger charge is 2.50. The maximum Gasteiger partial charge on any atom is 0.418 e. The second-order valence-corrected chi connectivity index (χ2v) is 5.81. The topological polar surface area (TPSA) is 49.0 Å². The largest absolute Gasteiger partial charge is 0.418 e. The summed E-state index contributed by atoms with van der Waals surface area (Å²) in [5, 5.41) is 18.4. The molecular weight excluding hydrogens is 369 g/mol. The van der Waals surface area contributed by atoms with Crippen LogP contribution in [-0.4, -0.2) is 15.6 Å². The molecule has 1 aliphatic carbocycles. The summed E-state index contributed by atoms with van der Waals surface area (Å²) >= 11 is 0. The van der Waals surface area contributed by atoms with Crippen LogP contribution in [-0.2, 0) is 12.6 Å². The van der Waals surface area contributed by atoms with Gasteiger partial charge in [-0.3, -0.25) is 0 Å². The van der Waals surface area contributed by atoms with Crippen LogP contribution < -0.4 is 0 Å². The Balaban J connectivity index is 2.30. The van der Waals surface area contributed by atoms with Crippen LogP contribution in [0.3, 0.4) is 0 Å². The Morgan fingerprint density at radius 2 is 1.85 bits per heavy atom. The molecule has 138 valence electrons. The van der Waals surface area contributed by atoms with Crippen LogP contribution in [0.15, 0.2) is 18.3 Å². The normalized spacial score (nSPS) is 19.1. The van der Waals surface area contributed by atoms with Gasteiger partial charge in [-0.05, 0) is 18.6 Å². The molecule has 1 atom stereocenters. The summed E-state index contributed by atoms with van der Waals surface area (Å²) in [5.41, 5.74) is -4.33. The van der Waals surface area contributed by atoms with Crippen molar-refractivity contribution in [1.29, 1.82) is 5.26 Å². The van der Waals surface area contributed by atoms with Crippen LogP contribution in [0, 0.1) is 23.0 Å². The van der Waals surface area contributed by atoms with E-state index in [2.05, 4.69) is 0 Å². The second kappa shape index (κ2) is 5.74. The number of alkyl halides is 5. The zero-order valence-corrected chi connectivity index (χ0v) is 12.7. The van der Waals surface area contributed by atoms with Gasteiger partial charge in [-0.2, -0.15) is 18.4 Å². The average molecular weight is 378 g/mol. The summed E-state index contributed by atoms with van der Waals surface area (Å²) in [6, 6.07) is 3.11. The number of aliphatic hydroxyl groups excluding tert-OH is 1. The van der Waals surface area contributed by atoms with E-state index in [1.807, 2.05) is 0 Å². The number of nitriles is 1. The number of aromatic nitrogens is 1. The number of benzene rings is 1. The van der Waals surface area contributed by atoms with E-state index in [4.69, 9.17) is 5.26 Å². The molecule has 1 aromatic heterocycles. The zero-order chi connectivity index (χ0) is 19.4. The fraction of sp³-hybridized carbons (Fsp3) is 0.312. The standard InChI is InChI=1S/C16H9F7N2O/c17-12-7(5-24)1-2-10(13(12)18)25-6-8(16(21,22)23)11-9(25)3-4-15(19,20)14(11)26/h1-2,6,14,26H,3-4H2. The van der Waals surface area contributed by atoms with E-state index >= 15 is 0 Å². The third-order valence-electron chi connectivity index (χ3n) is 4.27. The highest BCUT2D eigenvalue weighted by molar-refractivity contribution is 5.49. The molecule has 0 amide bonds. The number of nitrogens with zero attached hydrogens (tertiary/aromatic N) is 2. The van der Waals surface area contributed by atoms with E-state index in [0.29, 0.717) is 10.8 Å². The van der Waals surface area contributed by atoms with Crippen LogP contribution in [0.5, 0.6) is 0 Å². The summed E-state index contributed by atoms with van der Waals surface area (Å²) in [7, 11) is 0.